The Labute approximate surface area is 95.6 Å². The van der Waals surface area contributed by atoms with Crippen molar-refractivity contribution in [3.8, 4) is 0 Å². The van der Waals surface area contributed by atoms with Crippen molar-refractivity contribution in [1.29, 1.82) is 0 Å². The summed E-state index contributed by atoms with van der Waals surface area (Å²) in [5.41, 5.74) is 5.47. The van der Waals surface area contributed by atoms with Gasteiger partial charge in [-0.1, -0.05) is 18.2 Å². The molecule has 0 aliphatic heterocycles. The van der Waals surface area contributed by atoms with Crippen LogP contribution in [-0.2, 0) is 4.79 Å². The lowest BCUT2D eigenvalue weighted by atomic mass is 9.83. The van der Waals surface area contributed by atoms with Crippen LogP contribution in [0.15, 0.2) is 48.6 Å². The van der Waals surface area contributed by atoms with Crippen molar-refractivity contribution in [1.82, 2.24) is 0 Å². The molecule has 0 aromatic rings. The molecule has 0 aromatic carbocycles. The summed E-state index contributed by atoms with van der Waals surface area (Å²) >= 11 is 0. The van der Waals surface area contributed by atoms with Crippen LogP contribution in [0.4, 0.5) is 0 Å². The van der Waals surface area contributed by atoms with Gasteiger partial charge < -0.3 is 10.8 Å². The molecule has 16 heavy (non-hydrogen) atoms. The molecule has 1 amide bonds. The predicted octanol–water partition coefficient (Wildman–Crippen LogP) is 1.61. The summed E-state index contributed by atoms with van der Waals surface area (Å²) in [5.74, 6) is -0.518. The maximum Gasteiger partial charge on any atom is 0.248 e. The Balaban J connectivity index is 3.03. The van der Waals surface area contributed by atoms with Gasteiger partial charge in [0.25, 0.3) is 0 Å². The lowest BCUT2D eigenvalue weighted by molar-refractivity contribution is -0.114. The number of hydrogen-bond acceptors (Lipinski definition) is 2. The van der Waals surface area contributed by atoms with Crippen molar-refractivity contribution in [2.45, 2.75) is 24.9 Å². The molecule has 1 atom stereocenters. The van der Waals surface area contributed by atoms with Crippen LogP contribution in [0.3, 0.4) is 0 Å². The van der Waals surface area contributed by atoms with Gasteiger partial charge in [-0.15, -0.1) is 13.2 Å². The lowest BCUT2D eigenvalue weighted by Gasteiger charge is -2.27. The number of carbonyl (C=O) groups excluding carboxylic acids is 1. The fourth-order valence-electron chi connectivity index (χ4n) is 1.80. The monoisotopic (exact) mass is 219 g/mol. The van der Waals surface area contributed by atoms with Gasteiger partial charge in [-0.2, -0.15) is 0 Å². The topological polar surface area (TPSA) is 63.3 Å². The van der Waals surface area contributed by atoms with E-state index in [0.717, 1.165) is 5.57 Å². The Morgan fingerprint density at radius 2 is 2.25 bits per heavy atom. The van der Waals surface area contributed by atoms with Gasteiger partial charge in [0, 0.05) is 5.57 Å². The summed E-state index contributed by atoms with van der Waals surface area (Å²) in [7, 11) is 0. The number of primary amides is 1. The Morgan fingerprint density at radius 3 is 2.75 bits per heavy atom. The fourth-order valence-corrected chi connectivity index (χ4v) is 1.80. The minimum absolute atomic E-state index is 0.385. The van der Waals surface area contributed by atoms with E-state index in [9.17, 15) is 9.90 Å². The van der Waals surface area contributed by atoms with Crippen LogP contribution in [0.1, 0.15) is 19.3 Å². The van der Waals surface area contributed by atoms with E-state index < -0.39 is 11.5 Å². The molecule has 3 N–H and O–H groups in total. The molecule has 1 aliphatic rings. The van der Waals surface area contributed by atoms with Gasteiger partial charge in [0.2, 0.25) is 5.91 Å². The second kappa shape index (κ2) is 4.94. The van der Waals surface area contributed by atoms with Crippen LogP contribution in [0.2, 0.25) is 0 Å². The smallest absolute Gasteiger partial charge is 0.248 e. The van der Waals surface area contributed by atoms with Crippen molar-refractivity contribution < 1.29 is 9.90 Å². The molecule has 1 aliphatic carbocycles. The molecule has 3 heteroatoms. The number of carbonyl (C=O) groups is 1. The second-order valence-electron chi connectivity index (χ2n) is 3.94. The van der Waals surface area contributed by atoms with Gasteiger partial charge in [0.1, 0.15) is 0 Å². The van der Waals surface area contributed by atoms with Crippen molar-refractivity contribution in [3.63, 3.8) is 0 Å². The molecule has 0 fully saturated rings. The molecular weight excluding hydrogens is 202 g/mol. The zero-order chi connectivity index (χ0) is 12.2. The molecular formula is C13H17NO2. The van der Waals surface area contributed by atoms with E-state index in [2.05, 4.69) is 13.2 Å². The van der Waals surface area contributed by atoms with Crippen LogP contribution in [0.5, 0.6) is 0 Å². The summed E-state index contributed by atoms with van der Waals surface area (Å²) in [5, 5.41) is 10.2. The molecule has 0 spiro atoms. The van der Waals surface area contributed by atoms with Gasteiger partial charge in [-0.25, -0.2) is 0 Å². The molecule has 0 saturated heterocycles. The van der Waals surface area contributed by atoms with Crippen molar-refractivity contribution >= 4 is 5.91 Å². The van der Waals surface area contributed by atoms with E-state index in [1.54, 1.807) is 12.2 Å². The zero-order valence-corrected chi connectivity index (χ0v) is 9.28. The Bertz CT molecular complexity index is 379. The summed E-state index contributed by atoms with van der Waals surface area (Å²) in [6.07, 6.45) is 8.17. The van der Waals surface area contributed by atoms with Gasteiger partial charge >= 0.3 is 0 Å². The maximum atomic E-state index is 11.3. The second-order valence-corrected chi connectivity index (χ2v) is 3.94. The first-order chi connectivity index (χ1) is 7.52. The third-order valence-corrected chi connectivity index (χ3v) is 2.59. The minimum atomic E-state index is -1.03. The average Bonchev–Trinajstić information content (AvgIpc) is 2.21. The van der Waals surface area contributed by atoms with Crippen molar-refractivity contribution in [2.24, 2.45) is 5.73 Å². The van der Waals surface area contributed by atoms with Crippen LogP contribution >= 0.6 is 0 Å². The maximum absolute atomic E-state index is 11.3. The van der Waals surface area contributed by atoms with E-state index in [1.807, 2.05) is 6.08 Å². The molecule has 3 nitrogen and oxygen atoms in total. The molecule has 1 unspecified atom stereocenters. The third-order valence-electron chi connectivity index (χ3n) is 2.59. The van der Waals surface area contributed by atoms with Gasteiger partial charge in [0.15, 0.2) is 0 Å². The first-order valence-electron chi connectivity index (χ1n) is 5.18. The molecule has 0 saturated carbocycles. The SMILES string of the molecule is C=CCC1=CCC(O)(CC=C)C=C1C(N)=O. The Morgan fingerprint density at radius 1 is 1.56 bits per heavy atom. The number of allylic oxidation sites excluding steroid dienone is 1. The molecule has 0 radical (unpaired) electrons. The third kappa shape index (κ3) is 2.70. The van der Waals surface area contributed by atoms with E-state index in [-0.39, 0.29) is 0 Å². The molecule has 1 rings (SSSR count). The highest BCUT2D eigenvalue weighted by Gasteiger charge is 2.28. The largest absolute Gasteiger partial charge is 0.385 e. The Kier molecular flexibility index (Phi) is 3.85. The lowest BCUT2D eigenvalue weighted by Crippen LogP contribution is -2.30. The summed E-state index contributed by atoms with van der Waals surface area (Å²) in [6, 6.07) is 0. The fraction of sp³-hybridized carbons (Fsp3) is 0.308. The highest BCUT2D eigenvalue weighted by atomic mass is 16.3. The van der Waals surface area contributed by atoms with Crippen molar-refractivity contribution in [2.75, 3.05) is 0 Å². The molecule has 86 valence electrons. The van der Waals surface area contributed by atoms with E-state index >= 15 is 0 Å². The molecule has 0 heterocycles. The number of rotatable bonds is 5. The predicted molar refractivity (Wildman–Crippen MR) is 64.6 cm³/mol. The normalized spacial score (nSPS) is 24.3. The van der Waals surface area contributed by atoms with Gasteiger partial charge in [-0.3, -0.25) is 4.79 Å². The summed E-state index contributed by atoms with van der Waals surface area (Å²) < 4.78 is 0. The van der Waals surface area contributed by atoms with Crippen LogP contribution in [-0.4, -0.2) is 16.6 Å². The number of nitrogens with two attached hydrogens (primary N) is 1. The van der Waals surface area contributed by atoms with Crippen LogP contribution in [0, 0.1) is 0 Å². The highest BCUT2D eigenvalue weighted by Crippen LogP contribution is 2.30. The number of aliphatic hydroxyl groups is 1. The van der Waals surface area contributed by atoms with Crippen LogP contribution < -0.4 is 5.73 Å². The van der Waals surface area contributed by atoms with E-state index in [4.69, 9.17) is 5.73 Å². The van der Waals surface area contributed by atoms with Crippen molar-refractivity contribution in [3.05, 3.63) is 48.6 Å². The van der Waals surface area contributed by atoms with E-state index in [0.29, 0.717) is 24.8 Å². The first kappa shape index (κ1) is 12.5. The first-order valence-corrected chi connectivity index (χ1v) is 5.18. The average molecular weight is 219 g/mol. The number of amides is 1. The van der Waals surface area contributed by atoms with Gasteiger partial charge in [0.05, 0.1) is 5.60 Å². The molecule has 0 bridgehead atoms. The summed E-state index contributed by atoms with van der Waals surface area (Å²) in [6.45, 7) is 7.21. The van der Waals surface area contributed by atoms with Crippen LogP contribution in [0.25, 0.3) is 0 Å². The van der Waals surface area contributed by atoms with Gasteiger partial charge in [-0.05, 0) is 30.9 Å². The standard InChI is InChI=1S/C13H17NO2/c1-3-5-10-6-8-13(16,7-4-2)9-11(10)12(14)15/h3-4,6,9,16H,1-2,5,7-8H2,(H2,14,15). The minimum Gasteiger partial charge on any atom is -0.385 e. The number of hydrogen-bond donors (Lipinski definition) is 2. The highest BCUT2D eigenvalue weighted by molar-refractivity contribution is 5.97. The Hall–Kier alpha value is -1.61. The molecule has 0 aromatic heterocycles. The summed E-state index contributed by atoms with van der Waals surface area (Å²) in [4.78, 5) is 11.3. The van der Waals surface area contributed by atoms with E-state index in [1.165, 1.54) is 6.08 Å². The quantitative estimate of drug-likeness (QED) is 0.690. The zero-order valence-electron chi connectivity index (χ0n) is 9.28.